The quantitative estimate of drug-likeness (QED) is 0.534. The van der Waals surface area contributed by atoms with Gasteiger partial charge in [-0.2, -0.15) is 0 Å². The number of hydrogen-bond acceptors (Lipinski definition) is 2. The standard InChI is InChI=1S/C6H10O3/c7-5-3-1-2-4(5)6(8)9/h4-5,7H,1-3H2,(H,8,9)/t4-,5?/m0/s1. The lowest BCUT2D eigenvalue weighted by Gasteiger charge is -2.06. The summed E-state index contributed by atoms with van der Waals surface area (Å²) in [5.41, 5.74) is 0. The maximum Gasteiger partial charge on any atom is 0.309 e. The zero-order valence-corrected chi connectivity index (χ0v) is 5.08. The molecule has 0 aromatic carbocycles. The molecule has 3 heteroatoms. The third-order valence-corrected chi connectivity index (χ3v) is 1.80. The highest BCUT2D eigenvalue weighted by Gasteiger charge is 2.30. The molecule has 0 aromatic rings. The molecule has 1 fully saturated rings. The van der Waals surface area contributed by atoms with Crippen LogP contribution in [0.2, 0.25) is 0 Å². The van der Waals surface area contributed by atoms with Crippen molar-refractivity contribution in [1.82, 2.24) is 0 Å². The summed E-state index contributed by atoms with van der Waals surface area (Å²) < 4.78 is 0. The second-order valence-corrected chi connectivity index (χ2v) is 2.44. The lowest BCUT2D eigenvalue weighted by molar-refractivity contribution is -0.144. The van der Waals surface area contributed by atoms with Crippen molar-refractivity contribution in [3.63, 3.8) is 0 Å². The van der Waals surface area contributed by atoms with Crippen LogP contribution >= 0.6 is 0 Å². The Morgan fingerprint density at radius 2 is 2.11 bits per heavy atom. The normalized spacial score (nSPS) is 34.8. The van der Waals surface area contributed by atoms with Crippen LogP contribution < -0.4 is 0 Å². The average Bonchev–Trinajstić information content (AvgIpc) is 2.13. The molecule has 3 nitrogen and oxygen atoms in total. The van der Waals surface area contributed by atoms with Crippen molar-refractivity contribution in [2.24, 2.45) is 5.92 Å². The van der Waals surface area contributed by atoms with Gasteiger partial charge >= 0.3 is 5.97 Å². The molecule has 1 saturated carbocycles. The highest BCUT2D eigenvalue weighted by atomic mass is 16.4. The molecule has 2 N–H and O–H groups in total. The number of carbonyl (C=O) groups is 1. The summed E-state index contributed by atoms with van der Waals surface area (Å²) in [5, 5.41) is 17.4. The lowest BCUT2D eigenvalue weighted by Crippen LogP contribution is -2.21. The molecule has 0 aliphatic heterocycles. The summed E-state index contributed by atoms with van der Waals surface area (Å²) in [6, 6.07) is 0. The summed E-state index contributed by atoms with van der Waals surface area (Å²) in [5.74, 6) is -1.36. The fourth-order valence-electron chi connectivity index (χ4n) is 1.23. The Kier molecular flexibility index (Phi) is 1.71. The average molecular weight is 130 g/mol. The van der Waals surface area contributed by atoms with E-state index in [0.29, 0.717) is 12.8 Å². The number of rotatable bonds is 1. The Morgan fingerprint density at radius 3 is 2.33 bits per heavy atom. The number of carboxylic acid groups (broad SMARTS) is 1. The van der Waals surface area contributed by atoms with E-state index in [1.807, 2.05) is 0 Å². The van der Waals surface area contributed by atoms with Gasteiger partial charge in [-0.05, 0) is 19.3 Å². The monoisotopic (exact) mass is 130 g/mol. The van der Waals surface area contributed by atoms with E-state index < -0.39 is 18.0 Å². The minimum atomic E-state index is -0.861. The van der Waals surface area contributed by atoms with Gasteiger partial charge < -0.3 is 10.2 Å². The minimum absolute atomic E-state index is 0.495. The van der Waals surface area contributed by atoms with Gasteiger partial charge in [0.15, 0.2) is 0 Å². The summed E-state index contributed by atoms with van der Waals surface area (Å²) in [6.45, 7) is 0. The molecular formula is C6H10O3. The topological polar surface area (TPSA) is 57.5 Å². The first-order valence-electron chi connectivity index (χ1n) is 3.12. The predicted octanol–water partition coefficient (Wildman–Crippen LogP) is 0.232. The maximum absolute atomic E-state index is 10.3. The Morgan fingerprint density at radius 1 is 1.44 bits per heavy atom. The van der Waals surface area contributed by atoms with E-state index in [1.54, 1.807) is 0 Å². The lowest BCUT2D eigenvalue weighted by atomic mass is 10.1. The van der Waals surface area contributed by atoms with Crippen molar-refractivity contribution < 1.29 is 15.0 Å². The number of aliphatic hydroxyl groups excluding tert-OH is 1. The molecule has 0 radical (unpaired) electrons. The molecule has 0 amide bonds. The van der Waals surface area contributed by atoms with Crippen LogP contribution in [0.15, 0.2) is 0 Å². The van der Waals surface area contributed by atoms with E-state index >= 15 is 0 Å². The number of aliphatic carboxylic acids is 1. The van der Waals surface area contributed by atoms with E-state index in [-0.39, 0.29) is 0 Å². The molecule has 1 aliphatic carbocycles. The van der Waals surface area contributed by atoms with Gasteiger partial charge in [-0.15, -0.1) is 0 Å². The van der Waals surface area contributed by atoms with Gasteiger partial charge in [0.05, 0.1) is 12.0 Å². The van der Waals surface area contributed by atoms with E-state index in [2.05, 4.69) is 0 Å². The molecule has 52 valence electrons. The summed E-state index contributed by atoms with van der Waals surface area (Å²) in [4.78, 5) is 10.3. The molecule has 0 heterocycles. The molecule has 1 rings (SSSR count). The first-order valence-corrected chi connectivity index (χ1v) is 3.12. The molecule has 1 aliphatic rings. The zero-order valence-electron chi connectivity index (χ0n) is 5.08. The molecule has 9 heavy (non-hydrogen) atoms. The molecule has 0 spiro atoms. The number of hydrogen-bond donors (Lipinski definition) is 2. The fraction of sp³-hybridized carbons (Fsp3) is 0.833. The van der Waals surface area contributed by atoms with Crippen LogP contribution in [0, 0.1) is 5.92 Å². The van der Waals surface area contributed by atoms with Crippen molar-refractivity contribution in [3.8, 4) is 0 Å². The summed E-state index contributed by atoms with van der Waals surface area (Å²) in [6.07, 6.45) is 1.54. The van der Waals surface area contributed by atoms with Gasteiger partial charge in [0.2, 0.25) is 0 Å². The van der Waals surface area contributed by atoms with E-state index in [4.69, 9.17) is 10.2 Å². The molecule has 1 unspecified atom stereocenters. The van der Waals surface area contributed by atoms with E-state index in [1.165, 1.54) is 0 Å². The molecule has 0 bridgehead atoms. The van der Waals surface area contributed by atoms with Crippen LogP contribution in [-0.2, 0) is 4.79 Å². The first-order chi connectivity index (χ1) is 4.22. The van der Waals surface area contributed by atoms with Crippen molar-refractivity contribution in [2.75, 3.05) is 0 Å². The first kappa shape index (κ1) is 6.55. The highest BCUT2D eigenvalue weighted by molar-refractivity contribution is 5.71. The van der Waals surface area contributed by atoms with Crippen molar-refractivity contribution in [1.29, 1.82) is 0 Å². The van der Waals surface area contributed by atoms with Gasteiger partial charge in [-0.25, -0.2) is 0 Å². The van der Waals surface area contributed by atoms with Gasteiger partial charge in [-0.3, -0.25) is 4.79 Å². The third kappa shape index (κ3) is 1.21. The van der Waals surface area contributed by atoms with Gasteiger partial charge in [0.25, 0.3) is 0 Å². The van der Waals surface area contributed by atoms with E-state index in [0.717, 1.165) is 6.42 Å². The highest BCUT2D eigenvalue weighted by Crippen LogP contribution is 2.25. The molecule has 0 saturated heterocycles. The predicted molar refractivity (Wildman–Crippen MR) is 31.0 cm³/mol. The van der Waals surface area contributed by atoms with Crippen molar-refractivity contribution in [2.45, 2.75) is 25.4 Å². The Balaban J connectivity index is 2.49. The SMILES string of the molecule is O=C(O)[C@H]1CCCC1O. The Labute approximate surface area is 53.3 Å². The second kappa shape index (κ2) is 2.35. The van der Waals surface area contributed by atoms with Crippen LogP contribution in [-0.4, -0.2) is 22.3 Å². The summed E-state index contributed by atoms with van der Waals surface area (Å²) >= 11 is 0. The molecule has 0 aromatic heterocycles. The third-order valence-electron chi connectivity index (χ3n) is 1.80. The van der Waals surface area contributed by atoms with E-state index in [9.17, 15) is 4.79 Å². The smallest absolute Gasteiger partial charge is 0.309 e. The van der Waals surface area contributed by atoms with Crippen LogP contribution in [0.4, 0.5) is 0 Å². The maximum atomic E-state index is 10.3. The van der Waals surface area contributed by atoms with Crippen LogP contribution in [0.1, 0.15) is 19.3 Å². The second-order valence-electron chi connectivity index (χ2n) is 2.44. The van der Waals surface area contributed by atoms with Crippen LogP contribution in [0.3, 0.4) is 0 Å². The zero-order chi connectivity index (χ0) is 6.85. The Bertz CT molecular complexity index is 121. The van der Waals surface area contributed by atoms with Crippen LogP contribution in [0.5, 0.6) is 0 Å². The van der Waals surface area contributed by atoms with Gasteiger partial charge in [0.1, 0.15) is 0 Å². The molecule has 2 atom stereocenters. The fourth-order valence-corrected chi connectivity index (χ4v) is 1.23. The van der Waals surface area contributed by atoms with Crippen LogP contribution in [0.25, 0.3) is 0 Å². The van der Waals surface area contributed by atoms with Crippen molar-refractivity contribution in [3.05, 3.63) is 0 Å². The summed E-state index contributed by atoms with van der Waals surface area (Å²) in [7, 11) is 0. The molecular weight excluding hydrogens is 120 g/mol. The Hall–Kier alpha value is -0.570. The number of aliphatic hydroxyl groups is 1. The van der Waals surface area contributed by atoms with Gasteiger partial charge in [0, 0.05) is 0 Å². The number of carboxylic acids is 1. The minimum Gasteiger partial charge on any atom is -0.481 e. The largest absolute Gasteiger partial charge is 0.481 e. The van der Waals surface area contributed by atoms with Gasteiger partial charge in [-0.1, -0.05) is 0 Å². The van der Waals surface area contributed by atoms with Crippen molar-refractivity contribution >= 4 is 5.97 Å².